The third-order valence-corrected chi connectivity index (χ3v) is 7.28. The van der Waals surface area contributed by atoms with Crippen LogP contribution in [-0.4, -0.2) is 88.2 Å². The normalized spacial score (nSPS) is 26.2. The largest absolute Gasteiger partial charge is 0.473 e. The summed E-state index contributed by atoms with van der Waals surface area (Å²) in [7, 11) is 0. The Bertz CT molecular complexity index is 701. The molecule has 7 nitrogen and oxygen atoms in total. The summed E-state index contributed by atoms with van der Waals surface area (Å²) >= 11 is 0. The first-order valence-electron chi connectivity index (χ1n) is 12.1. The van der Waals surface area contributed by atoms with Gasteiger partial charge in [0.05, 0.1) is 0 Å². The van der Waals surface area contributed by atoms with Crippen molar-refractivity contribution in [1.82, 2.24) is 14.7 Å². The molecule has 2 N–H and O–H groups in total. The molecule has 1 saturated carbocycles. The maximum atomic E-state index is 9.10. The quantitative estimate of drug-likeness (QED) is 0.689. The lowest BCUT2D eigenvalue weighted by Crippen LogP contribution is -2.55. The minimum absolute atomic E-state index is 0.828. The van der Waals surface area contributed by atoms with Crippen LogP contribution in [0.5, 0.6) is 0 Å². The van der Waals surface area contributed by atoms with Crippen molar-refractivity contribution in [2.24, 2.45) is 5.92 Å². The molecule has 0 spiro atoms. The fourth-order valence-electron chi connectivity index (χ4n) is 5.49. The average molecular weight is 446 g/mol. The second kappa shape index (κ2) is 12.3. The molecule has 3 fully saturated rings. The fourth-order valence-corrected chi connectivity index (χ4v) is 5.49. The minimum Gasteiger partial charge on any atom is -0.473 e. The van der Waals surface area contributed by atoms with Crippen molar-refractivity contribution < 1.29 is 19.8 Å². The third-order valence-electron chi connectivity index (χ3n) is 7.28. The van der Waals surface area contributed by atoms with Crippen LogP contribution in [0.4, 0.5) is 0 Å². The van der Waals surface area contributed by atoms with Crippen molar-refractivity contribution in [3.8, 4) is 0 Å². The highest BCUT2D eigenvalue weighted by atomic mass is 16.4. The molecule has 4 rings (SSSR count). The van der Waals surface area contributed by atoms with E-state index >= 15 is 0 Å². The summed E-state index contributed by atoms with van der Waals surface area (Å²) in [5, 5.41) is 14.8. The van der Waals surface area contributed by atoms with E-state index in [1.165, 1.54) is 83.4 Å². The Labute approximate surface area is 192 Å². The minimum atomic E-state index is -1.82. The zero-order chi connectivity index (χ0) is 22.9. The van der Waals surface area contributed by atoms with E-state index in [1.54, 1.807) is 0 Å². The fraction of sp³-hybridized carbons (Fsp3) is 0.680. The Morgan fingerprint density at radius 2 is 1.38 bits per heavy atom. The summed E-state index contributed by atoms with van der Waals surface area (Å²) in [6, 6.07) is 12.7. The summed E-state index contributed by atoms with van der Waals surface area (Å²) < 4.78 is 0. The highest BCUT2D eigenvalue weighted by Gasteiger charge is 2.31. The topological polar surface area (TPSA) is 84.3 Å². The number of carboxylic acids is 2. The van der Waals surface area contributed by atoms with Gasteiger partial charge in [0.1, 0.15) is 0 Å². The lowest BCUT2D eigenvalue weighted by Gasteiger charge is -2.46. The zero-order valence-electron chi connectivity index (χ0n) is 19.4. The van der Waals surface area contributed by atoms with Crippen LogP contribution in [0.3, 0.4) is 0 Å². The number of piperazine rings is 1. The molecular formula is C25H39N3O4. The molecule has 2 saturated heterocycles. The molecule has 0 aromatic heterocycles. The number of carbonyl (C=O) groups is 2. The third kappa shape index (κ3) is 7.57. The number of rotatable bonds is 4. The number of hydrogen-bond donors (Lipinski definition) is 2. The summed E-state index contributed by atoms with van der Waals surface area (Å²) in [6.45, 7) is 11.3. The lowest BCUT2D eigenvalue weighted by molar-refractivity contribution is -0.159. The van der Waals surface area contributed by atoms with Gasteiger partial charge in [-0.05, 0) is 50.3 Å². The molecule has 32 heavy (non-hydrogen) atoms. The summed E-state index contributed by atoms with van der Waals surface area (Å²) in [5.74, 6) is -2.70. The number of benzene rings is 1. The van der Waals surface area contributed by atoms with Gasteiger partial charge in [0.15, 0.2) is 0 Å². The van der Waals surface area contributed by atoms with E-state index < -0.39 is 11.9 Å². The monoisotopic (exact) mass is 445 g/mol. The molecule has 2 atom stereocenters. The first-order valence-corrected chi connectivity index (χ1v) is 12.1. The number of likely N-dealkylation sites (tertiary alicyclic amines) is 1. The lowest BCUT2D eigenvalue weighted by atomic mass is 9.86. The maximum absolute atomic E-state index is 9.10. The highest BCUT2D eigenvalue weighted by molar-refractivity contribution is 6.27. The molecule has 2 unspecified atom stereocenters. The molecule has 0 amide bonds. The Morgan fingerprint density at radius 1 is 0.812 bits per heavy atom. The van der Waals surface area contributed by atoms with E-state index in [2.05, 4.69) is 52.0 Å². The van der Waals surface area contributed by atoms with Gasteiger partial charge in [0.2, 0.25) is 0 Å². The van der Waals surface area contributed by atoms with Gasteiger partial charge in [-0.1, -0.05) is 50.1 Å². The van der Waals surface area contributed by atoms with E-state index in [4.69, 9.17) is 19.8 Å². The smallest absolute Gasteiger partial charge is 0.414 e. The summed E-state index contributed by atoms with van der Waals surface area (Å²) in [4.78, 5) is 26.5. The van der Waals surface area contributed by atoms with Crippen molar-refractivity contribution >= 4 is 11.9 Å². The second-order valence-electron chi connectivity index (χ2n) is 9.60. The van der Waals surface area contributed by atoms with Crippen molar-refractivity contribution in [1.29, 1.82) is 0 Å². The molecule has 1 aromatic carbocycles. The SMILES string of the molecule is CC1CCCC(N2CCN(C3CCN(Cc4ccccc4)CC3)CC2)C1.O=C(O)C(=O)O. The molecule has 2 heterocycles. The number of piperidine rings is 1. The van der Waals surface area contributed by atoms with Gasteiger partial charge in [-0.3, -0.25) is 14.7 Å². The first kappa shape index (κ1) is 24.7. The van der Waals surface area contributed by atoms with Gasteiger partial charge in [-0.2, -0.15) is 0 Å². The molecule has 1 aromatic rings. The molecule has 178 valence electrons. The zero-order valence-corrected chi connectivity index (χ0v) is 19.4. The van der Waals surface area contributed by atoms with E-state index in [-0.39, 0.29) is 0 Å². The van der Waals surface area contributed by atoms with Crippen molar-refractivity contribution in [2.75, 3.05) is 39.3 Å². The van der Waals surface area contributed by atoms with Crippen LogP contribution in [0, 0.1) is 5.92 Å². The first-order chi connectivity index (χ1) is 15.4. The number of hydrogen-bond acceptors (Lipinski definition) is 5. The van der Waals surface area contributed by atoms with Gasteiger partial charge >= 0.3 is 11.9 Å². The maximum Gasteiger partial charge on any atom is 0.414 e. The predicted octanol–water partition coefficient (Wildman–Crippen LogP) is 3.00. The number of aliphatic carboxylic acids is 2. The van der Waals surface area contributed by atoms with Crippen molar-refractivity contribution in [3.05, 3.63) is 35.9 Å². The molecule has 0 radical (unpaired) electrons. The Balaban J connectivity index is 0.000000427. The van der Waals surface area contributed by atoms with Gasteiger partial charge in [0.25, 0.3) is 0 Å². The van der Waals surface area contributed by atoms with E-state index in [0.717, 1.165) is 24.5 Å². The Kier molecular flexibility index (Phi) is 9.51. The van der Waals surface area contributed by atoms with Crippen LogP contribution >= 0.6 is 0 Å². The van der Waals surface area contributed by atoms with Crippen LogP contribution in [-0.2, 0) is 16.1 Å². The van der Waals surface area contributed by atoms with Crippen molar-refractivity contribution in [2.45, 2.75) is 64.1 Å². The average Bonchev–Trinajstić information content (AvgIpc) is 2.81. The van der Waals surface area contributed by atoms with Gasteiger partial charge in [0, 0.05) is 44.8 Å². The predicted molar refractivity (Wildman–Crippen MR) is 125 cm³/mol. The van der Waals surface area contributed by atoms with E-state index in [9.17, 15) is 0 Å². The number of nitrogens with zero attached hydrogens (tertiary/aromatic N) is 3. The van der Waals surface area contributed by atoms with Crippen LogP contribution in [0.15, 0.2) is 30.3 Å². The van der Waals surface area contributed by atoms with E-state index in [0.29, 0.717) is 0 Å². The Morgan fingerprint density at radius 3 is 1.91 bits per heavy atom. The standard InChI is InChI=1S/C23H37N3.C2H2O4/c1-20-6-5-9-23(18-20)26-16-14-25(15-17-26)22-10-12-24(13-11-22)19-21-7-3-2-4-8-21;3-1(4)2(5)6/h2-4,7-8,20,22-23H,5-6,9-19H2,1H3;(H,3,4)(H,5,6). The van der Waals surface area contributed by atoms with Crippen molar-refractivity contribution in [3.63, 3.8) is 0 Å². The van der Waals surface area contributed by atoms with Gasteiger partial charge in [-0.25, -0.2) is 9.59 Å². The molecule has 3 aliphatic rings. The summed E-state index contributed by atoms with van der Waals surface area (Å²) in [5.41, 5.74) is 1.46. The van der Waals surface area contributed by atoms with Crippen LogP contribution < -0.4 is 0 Å². The molecular weight excluding hydrogens is 406 g/mol. The van der Waals surface area contributed by atoms with E-state index in [1.807, 2.05) is 0 Å². The second-order valence-corrected chi connectivity index (χ2v) is 9.60. The molecule has 1 aliphatic carbocycles. The Hall–Kier alpha value is -1.96. The van der Waals surface area contributed by atoms with Crippen LogP contribution in [0.25, 0.3) is 0 Å². The molecule has 2 aliphatic heterocycles. The highest BCUT2D eigenvalue weighted by Crippen LogP contribution is 2.28. The molecule has 0 bridgehead atoms. The van der Waals surface area contributed by atoms with Gasteiger partial charge in [-0.15, -0.1) is 0 Å². The van der Waals surface area contributed by atoms with Crippen LogP contribution in [0.1, 0.15) is 51.0 Å². The molecule has 7 heteroatoms. The van der Waals surface area contributed by atoms with Crippen LogP contribution in [0.2, 0.25) is 0 Å². The summed E-state index contributed by atoms with van der Waals surface area (Å²) in [6.07, 6.45) is 8.50. The number of carboxylic acid groups (broad SMARTS) is 2. The van der Waals surface area contributed by atoms with Gasteiger partial charge < -0.3 is 10.2 Å².